The van der Waals surface area contributed by atoms with Crippen LogP contribution in [0.3, 0.4) is 0 Å². The number of nitrogens with zero attached hydrogens (tertiary/aromatic N) is 1. The van der Waals surface area contributed by atoms with Crippen LogP contribution in [0.4, 0.5) is 13.2 Å². The zero-order valence-corrected chi connectivity index (χ0v) is 8.21. The fourth-order valence-corrected chi connectivity index (χ4v) is 1.53. The molecule has 1 aliphatic heterocycles. The van der Waals surface area contributed by atoms with Crippen molar-refractivity contribution in [2.75, 3.05) is 13.1 Å². The quantitative estimate of drug-likeness (QED) is 0.783. The maximum absolute atomic E-state index is 12.6. The molecule has 86 valence electrons. The maximum Gasteiger partial charge on any atom is 0.417 e. The van der Waals surface area contributed by atoms with E-state index >= 15 is 0 Å². The monoisotopic (exact) mass is 230 g/mol. The molecule has 0 aliphatic carbocycles. The highest BCUT2D eigenvalue weighted by molar-refractivity contribution is 5.99. The lowest BCUT2D eigenvalue weighted by Crippen LogP contribution is -2.46. The molecular formula is C10H9F3N2O. The summed E-state index contributed by atoms with van der Waals surface area (Å²) in [6, 6.07) is 0.833. The van der Waals surface area contributed by atoms with E-state index in [1.54, 1.807) is 0 Å². The highest BCUT2D eigenvalue weighted by atomic mass is 19.4. The molecule has 1 N–H and O–H groups in total. The first kappa shape index (κ1) is 11.1. The minimum Gasteiger partial charge on any atom is -0.315 e. The van der Waals surface area contributed by atoms with E-state index in [9.17, 15) is 18.0 Å². The number of halogens is 3. The zero-order chi connectivity index (χ0) is 11.8. The second kappa shape index (κ2) is 3.86. The fourth-order valence-electron chi connectivity index (χ4n) is 1.53. The Labute approximate surface area is 89.7 Å². The van der Waals surface area contributed by atoms with Gasteiger partial charge in [0.1, 0.15) is 0 Å². The number of aromatic nitrogens is 1. The van der Waals surface area contributed by atoms with Gasteiger partial charge in [-0.2, -0.15) is 13.2 Å². The number of ketones is 1. The molecule has 0 spiro atoms. The van der Waals surface area contributed by atoms with Crippen LogP contribution in [0.1, 0.15) is 15.9 Å². The third-order valence-corrected chi connectivity index (χ3v) is 2.54. The largest absolute Gasteiger partial charge is 0.417 e. The van der Waals surface area contributed by atoms with E-state index in [-0.39, 0.29) is 11.5 Å². The molecule has 2 rings (SSSR count). The van der Waals surface area contributed by atoms with Gasteiger partial charge in [-0.1, -0.05) is 0 Å². The summed E-state index contributed by atoms with van der Waals surface area (Å²) in [7, 11) is 0. The van der Waals surface area contributed by atoms with Crippen LogP contribution in [0.2, 0.25) is 0 Å². The molecule has 0 atom stereocenters. The predicted octanol–water partition coefficient (Wildman–Crippen LogP) is 1.50. The maximum atomic E-state index is 12.6. The van der Waals surface area contributed by atoms with Crippen molar-refractivity contribution >= 4 is 5.78 Å². The summed E-state index contributed by atoms with van der Waals surface area (Å²) in [5, 5.41) is 2.85. The average molecular weight is 230 g/mol. The topological polar surface area (TPSA) is 42.0 Å². The van der Waals surface area contributed by atoms with Crippen molar-refractivity contribution in [3.05, 3.63) is 29.6 Å². The van der Waals surface area contributed by atoms with Gasteiger partial charge in [0.05, 0.1) is 5.56 Å². The van der Waals surface area contributed by atoms with Crippen LogP contribution >= 0.6 is 0 Å². The van der Waals surface area contributed by atoms with Crippen LogP contribution in [-0.4, -0.2) is 23.9 Å². The van der Waals surface area contributed by atoms with E-state index in [0.29, 0.717) is 13.1 Å². The van der Waals surface area contributed by atoms with E-state index in [2.05, 4.69) is 10.3 Å². The third-order valence-electron chi connectivity index (χ3n) is 2.54. The van der Waals surface area contributed by atoms with Gasteiger partial charge in [-0.05, 0) is 6.07 Å². The van der Waals surface area contributed by atoms with Gasteiger partial charge in [-0.3, -0.25) is 9.78 Å². The Morgan fingerprint density at radius 2 is 2.12 bits per heavy atom. The molecule has 6 heteroatoms. The summed E-state index contributed by atoms with van der Waals surface area (Å²) in [6.45, 7) is 0.871. The molecule has 0 radical (unpaired) electrons. The van der Waals surface area contributed by atoms with Gasteiger partial charge in [0.15, 0.2) is 5.78 Å². The number of rotatable bonds is 2. The van der Waals surface area contributed by atoms with E-state index in [1.165, 1.54) is 0 Å². The number of Topliss-reactive ketones (excluding diaryl/α,β-unsaturated/α-hetero) is 1. The SMILES string of the molecule is O=C(c1cnccc1C(F)(F)F)C1CNC1. The summed E-state index contributed by atoms with van der Waals surface area (Å²) >= 11 is 0. The van der Waals surface area contributed by atoms with Crippen LogP contribution in [0.5, 0.6) is 0 Å². The Morgan fingerprint density at radius 3 is 2.62 bits per heavy atom. The Balaban J connectivity index is 2.36. The van der Waals surface area contributed by atoms with Crippen LogP contribution in [0.15, 0.2) is 18.5 Å². The normalized spacial score (nSPS) is 16.9. The molecule has 1 saturated heterocycles. The first-order chi connectivity index (χ1) is 7.50. The Kier molecular flexibility index (Phi) is 2.67. The lowest BCUT2D eigenvalue weighted by molar-refractivity contribution is -0.138. The summed E-state index contributed by atoms with van der Waals surface area (Å²) < 4.78 is 37.8. The Bertz CT molecular complexity index is 413. The molecule has 3 nitrogen and oxygen atoms in total. The molecule has 2 heterocycles. The van der Waals surface area contributed by atoms with Crippen LogP contribution in [-0.2, 0) is 6.18 Å². The van der Waals surface area contributed by atoms with E-state index in [1.807, 2.05) is 0 Å². The molecule has 16 heavy (non-hydrogen) atoms. The zero-order valence-electron chi connectivity index (χ0n) is 8.21. The fraction of sp³-hybridized carbons (Fsp3) is 0.400. The van der Waals surface area contributed by atoms with Gasteiger partial charge in [-0.25, -0.2) is 0 Å². The van der Waals surface area contributed by atoms with Gasteiger partial charge in [0, 0.05) is 37.0 Å². The summed E-state index contributed by atoms with van der Waals surface area (Å²) in [4.78, 5) is 15.3. The number of alkyl halides is 3. The number of nitrogens with one attached hydrogen (secondary N) is 1. The first-order valence-electron chi connectivity index (χ1n) is 4.76. The molecule has 1 aromatic rings. The van der Waals surface area contributed by atoms with Crippen molar-refractivity contribution in [1.29, 1.82) is 0 Å². The minimum absolute atomic E-state index is 0.332. The Hall–Kier alpha value is -1.43. The lowest BCUT2D eigenvalue weighted by Gasteiger charge is -2.26. The smallest absolute Gasteiger partial charge is 0.315 e. The molecule has 1 aromatic heterocycles. The number of hydrogen-bond acceptors (Lipinski definition) is 3. The summed E-state index contributed by atoms with van der Waals surface area (Å²) in [5.74, 6) is -0.843. The van der Waals surface area contributed by atoms with Gasteiger partial charge >= 0.3 is 6.18 Å². The highest BCUT2D eigenvalue weighted by Crippen LogP contribution is 2.32. The molecule has 1 aliphatic rings. The van der Waals surface area contributed by atoms with Gasteiger partial charge < -0.3 is 5.32 Å². The summed E-state index contributed by atoms with van der Waals surface area (Å²) in [6.07, 6.45) is -2.48. The standard InChI is InChI=1S/C10H9F3N2O/c11-10(12,13)8-1-2-14-5-7(8)9(16)6-3-15-4-6/h1-2,5-6,15H,3-4H2. The second-order valence-electron chi connectivity index (χ2n) is 3.64. The molecule has 0 saturated carbocycles. The average Bonchev–Trinajstić information content (AvgIpc) is 2.13. The first-order valence-corrected chi connectivity index (χ1v) is 4.76. The molecule has 0 unspecified atom stereocenters. The van der Waals surface area contributed by atoms with Crippen molar-refractivity contribution in [1.82, 2.24) is 10.3 Å². The number of carbonyl (C=O) groups excluding carboxylic acids is 1. The summed E-state index contributed by atoms with van der Waals surface area (Å²) in [5.41, 5.74) is -1.24. The number of hydrogen-bond donors (Lipinski definition) is 1. The van der Waals surface area contributed by atoms with Crippen LogP contribution < -0.4 is 5.32 Å². The molecular weight excluding hydrogens is 221 g/mol. The van der Waals surface area contributed by atoms with E-state index < -0.39 is 17.5 Å². The van der Waals surface area contributed by atoms with Crippen molar-refractivity contribution < 1.29 is 18.0 Å². The molecule has 0 amide bonds. The Morgan fingerprint density at radius 1 is 1.44 bits per heavy atom. The van der Waals surface area contributed by atoms with Crippen molar-refractivity contribution in [2.24, 2.45) is 5.92 Å². The second-order valence-corrected chi connectivity index (χ2v) is 3.64. The van der Waals surface area contributed by atoms with Crippen LogP contribution in [0.25, 0.3) is 0 Å². The lowest BCUT2D eigenvalue weighted by atomic mass is 9.91. The highest BCUT2D eigenvalue weighted by Gasteiger charge is 2.37. The molecule has 0 aromatic carbocycles. The van der Waals surface area contributed by atoms with Crippen molar-refractivity contribution in [2.45, 2.75) is 6.18 Å². The van der Waals surface area contributed by atoms with Crippen molar-refractivity contribution in [3.8, 4) is 0 Å². The van der Waals surface area contributed by atoms with Crippen molar-refractivity contribution in [3.63, 3.8) is 0 Å². The van der Waals surface area contributed by atoms with Crippen LogP contribution in [0, 0.1) is 5.92 Å². The van der Waals surface area contributed by atoms with E-state index in [0.717, 1.165) is 18.5 Å². The van der Waals surface area contributed by atoms with Gasteiger partial charge in [-0.15, -0.1) is 0 Å². The third kappa shape index (κ3) is 1.92. The van der Waals surface area contributed by atoms with Gasteiger partial charge in [0.25, 0.3) is 0 Å². The number of pyridine rings is 1. The predicted molar refractivity (Wildman–Crippen MR) is 49.9 cm³/mol. The molecule has 0 bridgehead atoms. The molecule has 1 fully saturated rings. The minimum atomic E-state index is -4.51. The van der Waals surface area contributed by atoms with E-state index in [4.69, 9.17) is 0 Å². The number of carbonyl (C=O) groups is 1. The van der Waals surface area contributed by atoms with Gasteiger partial charge in [0.2, 0.25) is 0 Å².